The molecule has 2 atom stereocenters. The van der Waals surface area contributed by atoms with Crippen LogP contribution in [0.2, 0.25) is 0 Å². The number of nitrogens with one attached hydrogen (secondary N) is 2. The monoisotopic (exact) mass is 567 g/mol. The van der Waals surface area contributed by atoms with E-state index in [1.165, 1.54) is 23.1 Å². The van der Waals surface area contributed by atoms with Gasteiger partial charge in [-0.1, -0.05) is 24.8 Å². The number of nitrogens with zero attached hydrogens (tertiary/aromatic N) is 3. The van der Waals surface area contributed by atoms with Crippen LogP contribution in [0.1, 0.15) is 38.4 Å². The van der Waals surface area contributed by atoms with Crippen LogP contribution in [0.15, 0.2) is 43.0 Å². The maximum absolute atomic E-state index is 15.1. The fourth-order valence-electron chi connectivity index (χ4n) is 4.08. The third-order valence-electron chi connectivity index (χ3n) is 5.97. The molecule has 1 aliphatic heterocycles. The first-order valence-corrected chi connectivity index (χ1v) is 13.1. The van der Waals surface area contributed by atoms with Gasteiger partial charge in [-0.25, -0.2) is 14.0 Å². The summed E-state index contributed by atoms with van der Waals surface area (Å²) >= 11 is 0. The van der Waals surface area contributed by atoms with Gasteiger partial charge in [0.25, 0.3) is 5.91 Å². The van der Waals surface area contributed by atoms with Crippen molar-refractivity contribution in [2.75, 3.05) is 24.6 Å². The third kappa shape index (κ3) is 8.74. The third-order valence-corrected chi connectivity index (χ3v) is 5.97. The molecule has 11 nitrogen and oxygen atoms in total. The van der Waals surface area contributed by atoms with Crippen molar-refractivity contribution < 1.29 is 33.4 Å². The van der Waals surface area contributed by atoms with Gasteiger partial charge in [-0.2, -0.15) is 5.26 Å². The fourth-order valence-corrected chi connectivity index (χ4v) is 4.08. The van der Waals surface area contributed by atoms with Crippen LogP contribution in [-0.2, 0) is 27.1 Å². The zero-order valence-corrected chi connectivity index (χ0v) is 23.3. The van der Waals surface area contributed by atoms with Crippen LogP contribution in [0.5, 0.6) is 0 Å². The van der Waals surface area contributed by atoms with Gasteiger partial charge < -0.3 is 25.2 Å². The van der Waals surface area contributed by atoms with Crippen LogP contribution in [0.3, 0.4) is 0 Å². The van der Waals surface area contributed by atoms with E-state index in [4.69, 9.17) is 9.47 Å². The second-order valence-electron chi connectivity index (χ2n) is 10.4. The Morgan fingerprint density at radius 1 is 1.29 bits per heavy atom. The molecule has 0 bridgehead atoms. The molecular formula is C29H34FN5O6. The minimum atomic E-state index is -1.64. The molecule has 0 radical (unpaired) electrons. The second kappa shape index (κ2) is 13.7. The lowest BCUT2D eigenvalue weighted by molar-refractivity contribution is -0.129. The Morgan fingerprint density at radius 2 is 2.05 bits per heavy atom. The van der Waals surface area contributed by atoms with Gasteiger partial charge in [0.05, 0.1) is 29.7 Å². The van der Waals surface area contributed by atoms with E-state index < -0.39 is 48.2 Å². The van der Waals surface area contributed by atoms with Crippen LogP contribution in [0.4, 0.5) is 19.7 Å². The molecule has 2 heterocycles. The van der Waals surface area contributed by atoms with Crippen molar-refractivity contribution in [3.05, 3.63) is 60.1 Å². The number of alkyl carbamates (subject to hydrolysis) is 1. The van der Waals surface area contributed by atoms with Gasteiger partial charge in [-0.3, -0.25) is 14.7 Å². The Bertz CT molecular complexity index is 1340. The number of aryl methyl sites for hydroxylation is 1. The zero-order chi connectivity index (χ0) is 30.2. The predicted molar refractivity (Wildman–Crippen MR) is 148 cm³/mol. The normalized spacial score (nSPS) is 14.1. The number of halogens is 1. The van der Waals surface area contributed by atoms with E-state index in [1.54, 1.807) is 39.0 Å². The summed E-state index contributed by atoms with van der Waals surface area (Å²) in [6.07, 6.45) is -0.238. The molecule has 0 aliphatic carbocycles. The van der Waals surface area contributed by atoms with Crippen LogP contribution in [0, 0.1) is 17.1 Å². The van der Waals surface area contributed by atoms with Crippen LogP contribution in [0.25, 0.3) is 11.3 Å². The Hall–Kier alpha value is -4.50. The molecule has 1 aromatic carbocycles. The predicted octanol–water partition coefficient (Wildman–Crippen LogP) is 3.40. The number of rotatable bonds is 9. The van der Waals surface area contributed by atoms with Gasteiger partial charge in [-0.05, 0) is 57.4 Å². The fraction of sp³-hybridized carbons (Fsp3) is 0.414. The van der Waals surface area contributed by atoms with Crippen molar-refractivity contribution in [2.45, 2.75) is 57.8 Å². The average molecular weight is 568 g/mol. The molecule has 12 heteroatoms. The highest BCUT2D eigenvalue weighted by Gasteiger charge is 2.26. The van der Waals surface area contributed by atoms with Crippen LogP contribution in [-0.4, -0.2) is 65.6 Å². The summed E-state index contributed by atoms with van der Waals surface area (Å²) in [7, 11) is 0. The number of ether oxygens (including phenoxy) is 2. The zero-order valence-electron chi connectivity index (χ0n) is 23.3. The van der Waals surface area contributed by atoms with Crippen molar-refractivity contribution in [3.8, 4) is 17.3 Å². The highest BCUT2D eigenvalue weighted by atomic mass is 19.1. The number of hydrogen-bond acceptors (Lipinski definition) is 8. The Labute approximate surface area is 238 Å². The van der Waals surface area contributed by atoms with Gasteiger partial charge in [0.1, 0.15) is 30.2 Å². The number of amides is 3. The Morgan fingerprint density at radius 3 is 2.71 bits per heavy atom. The molecule has 3 N–H and O–H groups in total. The number of hydrogen-bond donors (Lipinski definition) is 3. The molecule has 3 amide bonds. The van der Waals surface area contributed by atoms with Gasteiger partial charge >= 0.3 is 12.2 Å². The van der Waals surface area contributed by atoms with Crippen molar-refractivity contribution in [1.29, 1.82) is 5.26 Å². The maximum atomic E-state index is 15.1. The number of anilines is 1. The van der Waals surface area contributed by atoms with E-state index in [1.807, 2.05) is 6.07 Å². The average Bonchev–Trinajstić information content (AvgIpc) is 2.93. The summed E-state index contributed by atoms with van der Waals surface area (Å²) in [6.45, 7) is 8.72. The number of benzene rings is 1. The quantitative estimate of drug-likeness (QED) is 0.390. The van der Waals surface area contributed by atoms with Crippen molar-refractivity contribution in [2.24, 2.45) is 0 Å². The molecule has 0 fully saturated rings. The minimum absolute atomic E-state index is 0.101. The molecule has 0 saturated carbocycles. The number of aliphatic hydroxyl groups is 1. The van der Waals surface area contributed by atoms with Crippen molar-refractivity contribution in [1.82, 2.24) is 15.6 Å². The highest BCUT2D eigenvalue weighted by molar-refractivity contribution is 5.89. The summed E-state index contributed by atoms with van der Waals surface area (Å²) in [5.41, 5.74) is 1.78. The molecule has 3 rings (SSSR count). The standard InChI is InChI=1S/C29H34FN5O6/c1-5-13-40-28(39)35-12-6-7-23-24(35)11-10-22(34-23)19-9-8-18(21(30)15-19)14-20(16-31)33-26(37)25(36)17-32-27(38)41-29(2,3)4/h5,8-11,15,20,25,36H,1,6-7,12-14,17H2,2-4H3,(H,32,38)(H,33,37)/t20-,25-/m0/s1. The first kappa shape index (κ1) is 31.0. The second-order valence-corrected chi connectivity index (χ2v) is 10.4. The van der Waals surface area contributed by atoms with E-state index in [0.717, 1.165) is 0 Å². The minimum Gasteiger partial charge on any atom is -0.445 e. The number of nitriles is 1. The molecule has 1 aromatic heterocycles. The topological polar surface area (TPSA) is 154 Å². The molecule has 0 unspecified atom stereocenters. The molecule has 218 valence electrons. The molecule has 0 saturated heterocycles. The lowest BCUT2D eigenvalue weighted by Gasteiger charge is -2.28. The van der Waals surface area contributed by atoms with Crippen molar-refractivity contribution in [3.63, 3.8) is 0 Å². The van der Waals surface area contributed by atoms with E-state index >= 15 is 4.39 Å². The van der Waals surface area contributed by atoms with Gasteiger partial charge in [0.2, 0.25) is 0 Å². The Balaban J connectivity index is 1.64. The molecular weight excluding hydrogens is 533 g/mol. The number of carbonyl (C=O) groups excluding carboxylic acids is 3. The number of pyridine rings is 1. The highest BCUT2D eigenvalue weighted by Crippen LogP contribution is 2.30. The lowest BCUT2D eigenvalue weighted by Crippen LogP contribution is -2.47. The first-order chi connectivity index (χ1) is 19.4. The SMILES string of the molecule is C=CCOC(=O)N1CCCc2nc(-c3ccc(C[C@@H](C#N)NC(=O)[C@@H](O)CNC(=O)OC(C)(C)C)c(F)c3)ccc21. The van der Waals surface area contributed by atoms with E-state index in [-0.39, 0.29) is 18.6 Å². The Kier molecular flexibility index (Phi) is 10.4. The smallest absolute Gasteiger partial charge is 0.414 e. The van der Waals surface area contributed by atoms with Gasteiger partial charge in [-0.15, -0.1) is 0 Å². The summed E-state index contributed by atoms with van der Waals surface area (Å²) < 4.78 is 25.3. The first-order valence-electron chi connectivity index (χ1n) is 13.1. The summed E-state index contributed by atoms with van der Waals surface area (Å²) in [5.74, 6) is -1.50. The van der Waals surface area contributed by atoms with E-state index in [0.29, 0.717) is 42.0 Å². The van der Waals surface area contributed by atoms with Gasteiger partial charge in [0, 0.05) is 18.5 Å². The number of aromatic nitrogens is 1. The van der Waals surface area contributed by atoms with E-state index in [9.17, 15) is 24.8 Å². The lowest BCUT2D eigenvalue weighted by atomic mass is 10.0. The summed E-state index contributed by atoms with van der Waals surface area (Å²) in [4.78, 5) is 42.6. The van der Waals surface area contributed by atoms with E-state index in [2.05, 4.69) is 22.2 Å². The summed E-state index contributed by atoms with van der Waals surface area (Å²) in [6, 6.07) is 8.64. The van der Waals surface area contributed by atoms with Crippen molar-refractivity contribution >= 4 is 23.8 Å². The van der Waals surface area contributed by atoms with Crippen LogP contribution >= 0.6 is 0 Å². The molecule has 41 heavy (non-hydrogen) atoms. The maximum Gasteiger partial charge on any atom is 0.414 e. The largest absolute Gasteiger partial charge is 0.445 e. The summed E-state index contributed by atoms with van der Waals surface area (Å²) in [5, 5.41) is 24.2. The van der Waals surface area contributed by atoms with Gasteiger partial charge in [0.15, 0.2) is 0 Å². The number of carbonyl (C=O) groups is 3. The number of fused-ring (bicyclic) bond motifs is 1. The molecule has 0 spiro atoms. The molecule has 1 aliphatic rings. The molecule has 2 aromatic rings. The van der Waals surface area contributed by atoms with Crippen LogP contribution < -0.4 is 15.5 Å². The number of aliphatic hydroxyl groups excluding tert-OH is 1.